The predicted molar refractivity (Wildman–Crippen MR) is 86.0 cm³/mol. The van der Waals surface area contributed by atoms with Crippen LogP contribution in [0.4, 0.5) is 0 Å². The van der Waals surface area contributed by atoms with E-state index in [2.05, 4.69) is 14.6 Å². The lowest BCUT2D eigenvalue weighted by Gasteiger charge is -2.33. The van der Waals surface area contributed by atoms with Gasteiger partial charge in [-0.2, -0.15) is 0 Å². The maximum Gasteiger partial charge on any atom is 0.215 e. The van der Waals surface area contributed by atoms with E-state index in [-0.39, 0.29) is 11.3 Å². The molecule has 1 saturated carbocycles. The maximum absolute atomic E-state index is 12.6. The van der Waals surface area contributed by atoms with Crippen LogP contribution in [0.3, 0.4) is 0 Å². The molecule has 2 fully saturated rings. The molecule has 1 aliphatic heterocycles. The van der Waals surface area contributed by atoms with E-state index in [9.17, 15) is 8.42 Å². The van der Waals surface area contributed by atoms with Crippen LogP contribution < -0.4 is 4.72 Å². The van der Waals surface area contributed by atoms with Crippen molar-refractivity contribution in [1.29, 1.82) is 0 Å². The van der Waals surface area contributed by atoms with Gasteiger partial charge in [0.1, 0.15) is 0 Å². The molecule has 3 rings (SSSR count). The summed E-state index contributed by atoms with van der Waals surface area (Å²) >= 11 is 0. The minimum Gasteiger partial charge on any atom is -0.336 e. The zero-order valence-corrected chi connectivity index (χ0v) is 13.8. The molecule has 0 amide bonds. The Kier molecular flexibility index (Phi) is 5.15. The largest absolute Gasteiger partial charge is 0.336 e. The van der Waals surface area contributed by atoms with Gasteiger partial charge >= 0.3 is 0 Å². The summed E-state index contributed by atoms with van der Waals surface area (Å²) in [5.41, 5.74) is 0. The Labute approximate surface area is 133 Å². The van der Waals surface area contributed by atoms with E-state index >= 15 is 0 Å². The van der Waals surface area contributed by atoms with Crippen molar-refractivity contribution < 1.29 is 8.42 Å². The summed E-state index contributed by atoms with van der Waals surface area (Å²) in [6, 6.07) is 0.173. The van der Waals surface area contributed by atoms with E-state index in [1.165, 1.54) is 0 Å². The zero-order chi connectivity index (χ0) is 15.4. The van der Waals surface area contributed by atoms with Gasteiger partial charge < -0.3 is 9.47 Å². The third-order valence-corrected chi connectivity index (χ3v) is 6.75. The summed E-state index contributed by atoms with van der Waals surface area (Å²) in [6.07, 6.45) is 11.6. The third kappa shape index (κ3) is 4.08. The lowest BCUT2D eigenvalue weighted by atomic mass is 10.1. The monoisotopic (exact) mass is 326 g/mol. The van der Waals surface area contributed by atoms with Crippen molar-refractivity contribution in [3.63, 3.8) is 0 Å². The first kappa shape index (κ1) is 16.0. The van der Waals surface area contributed by atoms with Gasteiger partial charge in [-0.05, 0) is 32.2 Å². The molecule has 6 nitrogen and oxygen atoms in total. The van der Waals surface area contributed by atoms with Crippen molar-refractivity contribution in [2.24, 2.45) is 0 Å². The van der Waals surface area contributed by atoms with Crippen LogP contribution in [0.5, 0.6) is 0 Å². The molecule has 2 aliphatic rings. The van der Waals surface area contributed by atoms with Crippen LogP contribution in [0.2, 0.25) is 0 Å². The van der Waals surface area contributed by atoms with Gasteiger partial charge in [0, 0.05) is 38.1 Å². The number of rotatable bonds is 6. The summed E-state index contributed by atoms with van der Waals surface area (Å²) < 4.78 is 30.1. The lowest BCUT2D eigenvalue weighted by Crippen LogP contribution is -2.48. The second-order valence-corrected chi connectivity index (χ2v) is 8.50. The number of nitrogens with one attached hydrogen (secondary N) is 1. The Morgan fingerprint density at radius 3 is 2.68 bits per heavy atom. The molecule has 0 aromatic carbocycles. The van der Waals surface area contributed by atoms with Gasteiger partial charge in [-0.25, -0.2) is 18.1 Å². The van der Waals surface area contributed by atoms with Gasteiger partial charge in [0.25, 0.3) is 0 Å². The number of nitrogens with zero attached hydrogens (tertiary/aromatic N) is 3. The fraction of sp³-hybridized carbons (Fsp3) is 0.800. The van der Waals surface area contributed by atoms with Crippen LogP contribution in [0, 0.1) is 0 Å². The average molecular weight is 326 g/mol. The lowest BCUT2D eigenvalue weighted by molar-refractivity contribution is 0.221. The molecule has 0 radical (unpaired) electrons. The van der Waals surface area contributed by atoms with Crippen LogP contribution in [0.25, 0.3) is 0 Å². The first-order chi connectivity index (χ1) is 10.6. The van der Waals surface area contributed by atoms with E-state index in [1.54, 1.807) is 12.5 Å². The summed E-state index contributed by atoms with van der Waals surface area (Å²) in [4.78, 5) is 6.30. The smallest absolute Gasteiger partial charge is 0.215 e. The Hall–Kier alpha value is -0.920. The Morgan fingerprint density at radius 2 is 1.95 bits per heavy atom. The quantitative estimate of drug-likeness (QED) is 0.853. The molecule has 124 valence electrons. The second-order valence-electron chi connectivity index (χ2n) is 6.51. The molecule has 1 N–H and O–H groups in total. The fourth-order valence-corrected chi connectivity index (χ4v) is 5.29. The van der Waals surface area contributed by atoms with Gasteiger partial charge in [-0.1, -0.05) is 12.8 Å². The molecule has 1 aromatic heterocycles. The molecule has 1 aromatic rings. The second kappa shape index (κ2) is 7.10. The van der Waals surface area contributed by atoms with Crippen LogP contribution in [0.1, 0.15) is 38.5 Å². The molecule has 7 heteroatoms. The first-order valence-electron chi connectivity index (χ1n) is 8.33. The first-order valence-corrected chi connectivity index (χ1v) is 9.87. The standard InChI is InChI=1S/C15H26N4O2S/c20-22(21,17-14-4-1-2-5-14)15-6-3-8-18(12-15)10-11-19-9-7-16-13-19/h7,9,13-15,17H,1-6,8,10-12H2/t15-/m0/s1. The van der Waals surface area contributed by atoms with Gasteiger partial charge in [0.05, 0.1) is 11.6 Å². The van der Waals surface area contributed by atoms with Gasteiger partial charge in [-0.3, -0.25) is 0 Å². The van der Waals surface area contributed by atoms with Gasteiger partial charge in [0.15, 0.2) is 0 Å². The van der Waals surface area contributed by atoms with Gasteiger partial charge in [0.2, 0.25) is 10.0 Å². The molecule has 1 aliphatic carbocycles. The minimum absolute atomic E-state index is 0.173. The van der Waals surface area contributed by atoms with Crippen molar-refractivity contribution in [3.8, 4) is 0 Å². The zero-order valence-electron chi connectivity index (χ0n) is 13.0. The highest BCUT2D eigenvalue weighted by Gasteiger charge is 2.32. The van der Waals surface area contributed by atoms with Crippen molar-refractivity contribution in [1.82, 2.24) is 19.2 Å². The number of imidazole rings is 1. The van der Waals surface area contributed by atoms with Crippen molar-refractivity contribution in [3.05, 3.63) is 18.7 Å². The highest BCUT2D eigenvalue weighted by molar-refractivity contribution is 7.90. The van der Waals surface area contributed by atoms with Crippen molar-refractivity contribution in [2.75, 3.05) is 19.6 Å². The molecule has 22 heavy (non-hydrogen) atoms. The van der Waals surface area contributed by atoms with E-state index < -0.39 is 10.0 Å². The van der Waals surface area contributed by atoms with E-state index in [0.29, 0.717) is 6.54 Å². The third-order valence-electron chi connectivity index (χ3n) is 4.82. The molecule has 0 spiro atoms. The van der Waals surface area contributed by atoms with Crippen molar-refractivity contribution >= 4 is 10.0 Å². The Balaban J connectivity index is 1.52. The fourth-order valence-electron chi connectivity index (χ4n) is 3.52. The topological polar surface area (TPSA) is 67.2 Å². The van der Waals surface area contributed by atoms with E-state index in [1.807, 2.05) is 10.8 Å². The SMILES string of the molecule is O=S(=O)(NC1CCCC1)[C@H]1CCCN(CCn2ccnc2)C1. The minimum atomic E-state index is -3.18. The molecular formula is C15H26N4O2S. The van der Waals surface area contributed by atoms with Crippen LogP contribution in [-0.2, 0) is 16.6 Å². The maximum atomic E-state index is 12.6. The summed E-state index contributed by atoms with van der Waals surface area (Å²) in [5.74, 6) is 0. The molecule has 2 heterocycles. The number of hydrogen-bond acceptors (Lipinski definition) is 4. The molecule has 1 saturated heterocycles. The number of sulfonamides is 1. The van der Waals surface area contributed by atoms with Crippen LogP contribution in [-0.4, -0.2) is 53.8 Å². The number of likely N-dealkylation sites (tertiary alicyclic amines) is 1. The highest BCUT2D eigenvalue weighted by Crippen LogP contribution is 2.22. The van der Waals surface area contributed by atoms with Crippen LogP contribution >= 0.6 is 0 Å². The molecule has 0 unspecified atom stereocenters. The average Bonchev–Trinajstić information content (AvgIpc) is 3.18. The normalized spacial score (nSPS) is 24.8. The summed E-state index contributed by atoms with van der Waals surface area (Å²) in [6.45, 7) is 3.38. The van der Waals surface area contributed by atoms with E-state index in [0.717, 1.165) is 58.2 Å². The highest BCUT2D eigenvalue weighted by atomic mass is 32.2. The summed E-state index contributed by atoms with van der Waals surface area (Å²) in [7, 11) is -3.18. The summed E-state index contributed by atoms with van der Waals surface area (Å²) in [5, 5.41) is -0.260. The number of piperidine rings is 1. The van der Waals surface area contributed by atoms with Crippen LogP contribution in [0.15, 0.2) is 18.7 Å². The Morgan fingerprint density at radius 1 is 1.14 bits per heavy atom. The molecule has 0 bridgehead atoms. The number of aromatic nitrogens is 2. The van der Waals surface area contributed by atoms with E-state index in [4.69, 9.17) is 0 Å². The molecular weight excluding hydrogens is 300 g/mol. The van der Waals surface area contributed by atoms with Gasteiger partial charge in [-0.15, -0.1) is 0 Å². The predicted octanol–water partition coefficient (Wildman–Crippen LogP) is 1.21. The molecule has 1 atom stereocenters. The Bertz CT molecular complexity index is 552. The van der Waals surface area contributed by atoms with Crippen molar-refractivity contribution in [2.45, 2.75) is 56.4 Å². The number of hydrogen-bond donors (Lipinski definition) is 1.